The number of nitrogens with zero attached hydrogens (tertiary/aromatic N) is 1. The molecule has 80 valence electrons. The van der Waals surface area contributed by atoms with Gasteiger partial charge in [-0.25, -0.2) is 4.98 Å². The van der Waals surface area contributed by atoms with Gasteiger partial charge >= 0.3 is 0 Å². The number of rotatable bonds is 8. The fourth-order valence-corrected chi connectivity index (χ4v) is 2.80. The zero-order chi connectivity index (χ0) is 10.1. The van der Waals surface area contributed by atoms with E-state index in [4.69, 9.17) is 0 Å². The van der Waals surface area contributed by atoms with E-state index in [0.29, 0.717) is 0 Å². The van der Waals surface area contributed by atoms with Crippen LogP contribution in [-0.4, -0.2) is 23.8 Å². The summed E-state index contributed by atoms with van der Waals surface area (Å²) in [6.07, 6.45) is 5.66. The minimum absolute atomic E-state index is 1.15. The van der Waals surface area contributed by atoms with E-state index in [-0.39, 0.29) is 0 Å². The lowest BCUT2D eigenvalue weighted by Crippen LogP contribution is -2.15. The Morgan fingerprint density at radius 1 is 1.43 bits per heavy atom. The Hall–Kier alpha value is -0.0600. The zero-order valence-corrected chi connectivity index (χ0v) is 10.3. The largest absolute Gasteiger partial charge is 0.317 e. The van der Waals surface area contributed by atoms with Crippen molar-refractivity contribution in [2.75, 3.05) is 18.8 Å². The van der Waals surface area contributed by atoms with Gasteiger partial charge in [0.25, 0.3) is 0 Å². The Balaban J connectivity index is 1.85. The first-order valence-corrected chi connectivity index (χ1v) is 7.03. The van der Waals surface area contributed by atoms with Crippen LogP contribution < -0.4 is 5.32 Å². The summed E-state index contributed by atoms with van der Waals surface area (Å²) >= 11 is 3.60. The van der Waals surface area contributed by atoms with Gasteiger partial charge in [0, 0.05) is 17.3 Å². The molecule has 0 amide bonds. The molecule has 1 aromatic heterocycles. The fraction of sp³-hybridized carbons (Fsp3) is 0.700. The van der Waals surface area contributed by atoms with E-state index < -0.39 is 0 Å². The lowest BCUT2D eigenvalue weighted by molar-refractivity contribution is 0.635. The highest BCUT2D eigenvalue weighted by Crippen LogP contribution is 2.20. The second-order valence-corrected chi connectivity index (χ2v) is 5.34. The second-order valence-electron chi connectivity index (χ2n) is 3.10. The topological polar surface area (TPSA) is 24.9 Å². The van der Waals surface area contributed by atoms with Gasteiger partial charge in [-0.15, -0.1) is 11.3 Å². The van der Waals surface area contributed by atoms with Crippen molar-refractivity contribution in [2.24, 2.45) is 0 Å². The van der Waals surface area contributed by atoms with Crippen LogP contribution >= 0.6 is 23.1 Å². The Kier molecular flexibility index (Phi) is 7.09. The summed E-state index contributed by atoms with van der Waals surface area (Å²) in [5.41, 5.74) is 0. The van der Waals surface area contributed by atoms with Gasteiger partial charge in [0.15, 0.2) is 0 Å². The van der Waals surface area contributed by atoms with Crippen molar-refractivity contribution < 1.29 is 0 Å². The van der Waals surface area contributed by atoms with Gasteiger partial charge in [0.1, 0.15) is 4.34 Å². The van der Waals surface area contributed by atoms with Crippen LogP contribution in [0, 0.1) is 0 Å². The van der Waals surface area contributed by atoms with E-state index in [2.05, 4.69) is 17.2 Å². The maximum atomic E-state index is 4.23. The Morgan fingerprint density at radius 3 is 3.07 bits per heavy atom. The smallest absolute Gasteiger partial charge is 0.149 e. The molecule has 0 saturated heterocycles. The molecule has 1 heterocycles. The maximum Gasteiger partial charge on any atom is 0.149 e. The summed E-state index contributed by atoms with van der Waals surface area (Å²) in [5, 5.41) is 5.44. The first-order valence-electron chi connectivity index (χ1n) is 5.16. The van der Waals surface area contributed by atoms with Crippen LogP contribution in [0.25, 0.3) is 0 Å². The highest BCUT2D eigenvalue weighted by molar-refractivity contribution is 8.00. The molecule has 1 rings (SSSR count). The van der Waals surface area contributed by atoms with Crippen molar-refractivity contribution in [2.45, 2.75) is 30.5 Å². The molecular weight excluding hydrogens is 212 g/mol. The average Bonchev–Trinajstić information content (AvgIpc) is 2.69. The van der Waals surface area contributed by atoms with E-state index in [9.17, 15) is 0 Å². The molecule has 0 unspecified atom stereocenters. The predicted molar refractivity (Wildman–Crippen MR) is 65.2 cm³/mol. The molecule has 0 fully saturated rings. The number of hydrogen-bond acceptors (Lipinski definition) is 4. The van der Waals surface area contributed by atoms with Crippen LogP contribution in [0.1, 0.15) is 26.2 Å². The summed E-state index contributed by atoms with van der Waals surface area (Å²) < 4.78 is 1.20. The summed E-state index contributed by atoms with van der Waals surface area (Å²) in [4.78, 5) is 4.23. The minimum Gasteiger partial charge on any atom is -0.317 e. The average molecular weight is 230 g/mol. The second kappa shape index (κ2) is 8.26. The molecular formula is C10H18N2S2. The van der Waals surface area contributed by atoms with Gasteiger partial charge in [-0.1, -0.05) is 18.7 Å². The molecule has 4 heteroatoms. The van der Waals surface area contributed by atoms with Crippen molar-refractivity contribution >= 4 is 23.1 Å². The first-order chi connectivity index (χ1) is 6.93. The Labute approximate surface area is 94.5 Å². The van der Waals surface area contributed by atoms with Gasteiger partial charge in [-0.05, 0) is 32.4 Å². The van der Waals surface area contributed by atoms with Crippen molar-refractivity contribution in [1.29, 1.82) is 0 Å². The minimum atomic E-state index is 1.15. The van der Waals surface area contributed by atoms with Gasteiger partial charge < -0.3 is 5.32 Å². The highest BCUT2D eigenvalue weighted by atomic mass is 32.2. The molecule has 0 spiro atoms. The van der Waals surface area contributed by atoms with Gasteiger partial charge in [0.05, 0.1) is 0 Å². The van der Waals surface area contributed by atoms with Crippen molar-refractivity contribution in [3.8, 4) is 0 Å². The summed E-state index contributed by atoms with van der Waals surface area (Å²) in [6, 6.07) is 0. The van der Waals surface area contributed by atoms with Crippen LogP contribution in [0.4, 0.5) is 0 Å². The molecule has 2 nitrogen and oxygen atoms in total. The third-order valence-electron chi connectivity index (χ3n) is 1.81. The summed E-state index contributed by atoms with van der Waals surface area (Å²) in [6.45, 7) is 4.51. The van der Waals surface area contributed by atoms with Crippen molar-refractivity contribution in [3.05, 3.63) is 11.6 Å². The fourth-order valence-electron chi connectivity index (χ4n) is 1.09. The molecule has 0 bridgehead atoms. The van der Waals surface area contributed by atoms with E-state index in [1.165, 1.54) is 29.4 Å². The SMILES string of the molecule is CCCNCCCCSc1nccs1. The van der Waals surface area contributed by atoms with Crippen LogP contribution in [0.3, 0.4) is 0 Å². The maximum absolute atomic E-state index is 4.23. The van der Waals surface area contributed by atoms with Gasteiger partial charge in [-0.3, -0.25) is 0 Å². The lowest BCUT2D eigenvalue weighted by Gasteiger charge is -2.01. The Morgan fingerprint density at radius 2 is 2.36 bits per heavy atom. The number of thiazole rings is 1. The molecule has 0 atom stereocenters. The molecule has 0 aliphatic heterocycles. The summed E-state index contributed by atoms with van der Waals surface area (Å²) in [5.74, 6) is 1.20. The predicted octanol–water partition coefficient (Wildman–Crippen LogP) is 3.02. The van der Waals surface area contributed by atoms with Crippen LogP contribution in [0.15, 0.2) is 15.9 Å². The molecule has 1 N–H and O–H groups in total. The normalized spacial score (nSPS) is 10.6. The first kappa shape index (κ1) is 12.0. The summed E-state index contributed by atoms with van der Waals surface area (Å²) in [7, 11) is 0. The van der Waals surface area contributed by atoms with Gasteiger partial charge in [-0.2, -0.15) is 0 Å². The van der Waals surface area contributed by atoms with Crippen LogP contribution in [-0.2, 0) is 0 Å². The highest BCUT2D eigenvalue weighted by Gasteiger charge is 1.95. The number of nitrogens with one attached hydrogen (secondary N) is 1. The molecule has 1 aromatic rings. The number of thioether (sulfide) groups is 1. The Bertz CT molecular complexity index is 212. The lowest BCUT2D eigenvalue weighted by atomic mass is 10.3. The third kappa shape index (κ3) is 5.62. The molecule has 14 heavy (non-hydrogen) atoms. The zero-order valence-electron chi connectivity index (χ0n) is 8.66. The molecule has 0 aliphatic carbocycles. The van der Waals surface area contributed by atoms with Crippen LogP contribution in [0.2, 0.25) is 0 Å². The van der Waals surface area contributed by atoms with E-state index in [0.717, 1.165) is 13.1 Å². The van der Waals surface area contributed by atoms with E-state index in [1.807, 2.05) is 23.3 Å². The third-order valence-corrected chi connectivity index (χ3v) is 3.86. The van der Waals surface area contributed by atoms with Crippen LogP contribution in [0.5, 0.6) is 0 Å². The molecule has 0 aromatic carbocycles. The number of hydrogen-bond donors (Lipinski definition) is 1. The monoisotopic (exact) mass is 230 g/mol. The number of aromatic nitrogens is 1. The quantitative estimate of drug-likeness (QED) is 0.549. The van der Waals surface area contributed by atoms with E-state index in [1.54, 1.807) is 11.3 Å². The molecule has 0 saturated carbocycles. The van der Waals surface area contributed by atoms with Crippen molar-refractivity contribution in [1.82, 2.24) is 10.3 Å². The van der Waals surface area contributed by atoms with Gasteiger partial charge in [0.2, 0.25) is 0 Å². The van der Waals surface area contributed by atoms with E-state index >= 15 is 0 Å². The standard InChI is InChI=1S/C10H18N2S2/c1-2-5-11-6-3-4-8-13-10-12-7-9-14-10/h7,9,11H,2-6,8H2,1H3. The number of unbranched alkanes of at least 4 members (excludes halogenated alkanes) is 1. The molecule has 0 aliphatic rings. The van der Waals surface area contributed by atoms with Crippen molar-refractivity contribution in [3.63, 3.8) is 0 Å². The molecule has 0 radical (unpaired) electrons.